The molecule has 0 unspecified atom stereocenters. The van der Waals surface area contributed by atoms with Gasteiger partial charge in [0.2, 0.25) is 5.91 Å². The molecule has 0 aromatic heterocycles. The number of halogens is 2. The summed E-state index contributed by atoms with van der Waals surface area (Å²) in [4.78, 5) is 24.2. The van der Waals surface area contributed by atoms with E-state index < -0.39 is 0 Å². The third-order valence-corrected chi connectivity index (χ3v) is 4.53. The highest BCUT2D eigenvalue weighted by atomic mass is 35.5. The maximum absolute atomic E-state index is 12.1. The van der Waals surface area contributed by atoms with Crippen molar-refractivity contribution in [1.29, 1.82) is 0 Å². The Hall–Kier alpha value is -2.24. The first-order chi connectivity index (χ1) is 12.0. The van der Waals surface area contributed by atoms with Crippen molar-refractivity contribution >= 4 is 46.4 Å². The largest absolute Gasteiger partial charge is 0.375 e. The average molecular weight is 378 g/mol. The van der Waals surface area contributed by atoms with Gasteiger partial charge in [0.25, 0.3) is 5.91 Å². The predicted octanol–water partition coefficient (Wildman–Crippen LogP) is 3.94. The fourth-order valence-corrected chi connectivity index (χ4v) is 2.62. The molecule has 3 rings (SSSR count). The molecule has 3 N–H and O–H groups in total. The van der Waals surface area contributed by atoms with Crippen molar-refractivity contribution in [3.05, 3.63) is 58.1 Å². The highest BCUT2D eigenvalue weighted by Gasteiger charge is 2.23. The second-order valence-corrected chi connectivity index (χ2v) is 6.62. The summed E-state index contributed by atoms with van der Waals surface area (Å²) in [7, 11) is 0. The molecule has 2 aromatic rings. The summed E-state index contributed by atoms with van der Waals surface area (Å²) < 4.78 is 0. The molecule has 1 aliphatic carbocycles. The normalized spacial score (nSPS) is 13.2. The molecule has 0 saturated heterocycles. The molecule has 0 bridgehead atoms. The maximum atomic E-state index is 12.1. The van der Waals surface area contributed by atoms with Gasteiger partial charge in [-0.15, -0.1) is 0 Å². The third kappa shape index (κ3) is 4.87. The molecule has 0 heterocycles. The molecule has 0 radical (unpaired) electrons. The van der Waals surface area contributed by atoms with E-state index in [-0.39, 0.29) is 24.4 Å². The Kier molecular flexibility index (Phi) is 5.46. The number of carbonyl (C=O) groups is 2. The molecule has 1 saturated carbocycles. The molecule has 2 aromatic carbocycles. The fraction of sp³-hybridized carbons (Fsp3) is 0.222. The van der Waals surface area contributed by atoms with Crippen LogP contribution in [0.4, 0.5) is 11.4 Å². The summed E-state index contributed by atoms with van der Waals surface area (Å²) in [5.74, 6) is -0.377. The topological polar surface area (TPSA) is 70.2 Å². The van der Waals surface area contributed by atoms with Gasteiger partial charge in [-0.05, 0) is 43.2 Å². The number of carbonyl (C=O) groups excluding carboxylic acids is 2. The lowest BCUT2D eigenvalue weighted by Crippen LogP contribution is -2.26. The van der Waals surface area contributed by atoms with E-state index in [1.807, 2.05) is 0 Å². The maximum Gasteiger partial charge on any atom is 0.251 e. The van der Waals surface area contributed by atoms with Crippen LogP contribution in [-0.4, -0.2) is 24.4 Å². The summed E-state index contributed by atoms with van der Waals surface area (Å²) in [5, 5.41) is 9.40. The van der Waals surface area contributed by atoms with Gasteiger partial charge in [0.15, 0.2) is 0 Å². The van der Waals surface area contributed by atoms with Gasteiger partial charge in [-0.3, -0.25) is 9.59 Å². The third-order valence-electron chi connectivity index (χ3n) is 3.71. The van der Waals surface area contributed by atoms with Crippen LogP contribution in [0.25, 0.3) is 0 Å². The van der Waals surface area contributed by atoms with Crippen molar-refractivity contribution in [2.75, 3.05) is 17.2 Å². The van der Waals surface area contributed by atoms with Crippen LogP contribution in [0.3, 0.4) is 0 Å². The van der Waals surface area contributed by atoms with E-state index in [1.54, 1.807) is 42.5 Å². The molecule has 0 atom stereocenters. The van der Waals surface area contributed by atoms with Gasteiger partial charge in [-0.1, -0.05) is 35.3 Å². The Labute approximate surface area is 155 Å². The van der Waals surface area contributed by atoms with E-state index >= 15 is 0 Å². The van der Waals surface area contributed by atoms with Crippen molar-refractivity contribution in [1.82, 2.24) is 5.32 Å². The lowest BCUT2D eigenvalue weighted by atomic mass is 10.2. The molecule has 2 amide bonds. The average Bonchev–Trinajstić information content (AvgIpc) is 3.40. The minimum atomic E-state index is -0.254. The number of amides is 2. The number of benzene rings is 2. The standard InChI is InChI=1S/C18H17Cl2N3O2/c19-14-5-2-6-15(17(14)20)21-10-16(24)22-13-4-1-3-11(9-13)18(25)23-12-7-8-12/h1-6,9,12,21H,7-8,10H2,(H,22,24)(H,23,25). The summed E-state index contributed by atoms with van der Waals surface area (Å²) in [6.45, 7) is 0.0263. The summed E-state index contributed by atoms with van der Waals surface area (Å²) in [5.41, 5.74) is 1.67. The zero-order valence-electron chi connectivity index (χ0n) is 13.3. The lowest BCUT2D eigenvalue weighted by molar-refractivity contribution is -0.114. The Bertz CT molecular complexity index is 807. The van der Waals surface area contributed by atoms with Gasteiger partial charge in [0.1, 0.15) is 0 Å². The summed E-state index contributed by atoms with van der Waals surface area (Å²) >= 11 is 12.0. The molecule has 0 aliphatic heterocycles. The van der Waals surface area contributed by atoms with E-state index in [4.69, 9.17) is 23.2 Å². The molecule has 7 heteroatoms. The minimum absolute atomic E-state index is 0.0263. The van der Waals surface area contributed by atoms with Crippen LogP contribution in [0.2, 0.25) is 10.0 Å². The smallest absolute Gasteiger partial charge is 0.251 e. The number of nitrogens with one attached hydrogen (secondary N) is 3. The molecule has 25 heavy (non-hydrogen) atoms. The van der Waals surface area contributed by atoms with Crippen LogP contribution in [0, 0.1) is 0 Å². The summed E-state index contributed by atoms with van der Waals surface area (Å²) in [6, 6.07) is 12.3. The monoisotopic (exact) mass is 377 g/mol. The van der Waals surface area contributed by atoms with Gasteiger partial charge in [0.05, 0.1) is 22.3 Å². The van der Waals surface area contributed by atoms with Crippen LogP contribution >= 0.6 is 23.2 Å². The SMILES string of the molecule is O=C(CNc1cccc(Cl)c1Cl)Nc1cccc(C(=O)NC2CC2)c1. The highest BCUT2D eigenvalue weighted by Crippen LogP contribution is 2.29. The van der Waals surface area contributed by atoms with Gasteiger partial charge in [0, 0.05) is 17.3 Å². The van der Waals surface area contributed by atoms with E-state index in [1.165, 1.54) is 0 Å². The molecule has 5 nitrogen and oxygen atoms in total. The Morgan fingerprint density at radius 2 is 1.84 bits per heavy atom. The number of anilines is 2. The first-order valence-corrected chi connectivity index (χ1v) is 8.67. The predicted molar refractivity (Wildman–Crippen MR) is 101 cm³/mol. The second kappa shape index (κ2) is 7.76. The number of hydrogen-bond donors (Lipinski definition) is 3. The molecule has 1 aliphatic rings. The Morgan fingerprint density at radius 3 is 2.60 bits per heavy atom. The van der Waals surface area contributed by atoms with Crippen LogP contribution < -0.4 is 16.0 Å². The molecule has 0 spiro atoms. The van der Waals surface area contributed by atoms with Crippen molar-refractivity contribution < 1.29 is 9.59 Å². The van der Waals surface area contributed by atoms with Crippen LogP contribution in [0.1, 0.15) is 23.2 Å². The van der Waals surface area contributed by atoms with Gasteiger partial charge in [-0.2, -0.15) is 0 Å². The Morgan fingerprint density at radius 1 is 1.08 bits per heavy atom. The van der Waals surface area contributed by atoms with Gasteiger partial charge < -0.3 is 16.0 Å². The van der Waals surface area contributed by atoms with Crippen LogP contribution in [0.5, 0.6) is 0 Å². The zero-order chi connectivity index (χ0) is 17.8. The van der Waals surface area contributed by atoms with E-state index in [9.17, 15) is 9.59 Å². The highest BCUT2D eigenvalue weighted by molar-refractivity contribution is 6.43. The van der Waals surface area contributed by atoms with Crippen molar-refractivity contribution in [3.63, 3.8) is 0 Å². The fourth-order valence-electron chi connectivity index (χ4n) is 2.26. The van der Waals surface area contributed by atoms with Crippen molar-refractivity contribution in [3.8, 4) is 0 Å². The number of hydrogen-bond acceptors (Lipinski definition) is 3. The molecular formula is C18H17Cl2N3O2. The first-order valence-electron chi connectivity index (χ1n) is 7.91. The second-order valence-electron chi connectivity index (χ2n) is 5.83. The minimum Gasteiger partial charge on any atom is -0.375 e. The van der Waals surface area contributed by atoms with Crippen LogP contribution in [-0.2, 0) is 4.79 Å². The van der Waals surface area contributed by atoms with Crippen molar-refractivity contribution in [2.24, 2.45) is 0 Å². The van der Waals surface area contributed by atoms with Gasteiger partial charge >= 0.3 is 0 Å². The number of rotatable bonds is 6. The molecule has 130 valence electrons. The summed E-state index contributed by atoms with van der Waals surface area (Å²) in [6.07, 6.45) is 2.06. The van der Waals surface area contributed by atoms with Crippen molar-refractivity contribution in [2.45, 2.75) is 18.9 Å². The van der Waals surface area contributed by atoms with Crippen LogP contribution in [0.15, 0.2) is 42.5 Å². The Balaban J connectivity index is 1.57. The van der Waals surface area contributed by atoms with E-state index in [0.717, 1.165) is 12.8 Å². The van der Waals surface area contributed by atoms with E-state index in [2.05, 4.69) is 16.0 Å². The van der Waals surface area contributed by atoms with E-state index in [0.29, 0.717) is 27.0 Å². The van der Waals surface area contributed by atoms with Gasteiger partial charge in [-0.25, -0.2) is 0 Å². The first kappa shape index (κ1) is 17.6. The lowest BCUT2D eigenvalue weighted by Gasteiger charge is -2.11. The molecule has 1 fully saturated rings. The quantitative estimate of drug-likeness (QED) is 0.713. The zero-order valence-corrected chi connectivity index (χ0v) is 14.8. The molecular weight excluding hydrogens is 361 g/mol.